The van der Waals surface area contributed by atoms with Crippen molar-refractivity contribution in [2.75, 3.05) is 6.61 Å². The van der Waals surface area contributed by atoms with Crippen molar-refractivity contribution in [1.29, 1.82) is 0 Å². The van der Waals surface area contributed by atoms with Gasteiger partial charge in [-0.3, -0.25) is 9.89 Å². The number of H-pyrrole nitrogens is 1. The van der Waals surface area contributed by atoms with Crippen LogP contribution < -0.4 is 5.32 Å². The van der Waals surface area contributed by atoms with Gasteiger partial charge in [-0.2, -0.15) is 5.10 Å². The molecule has 0 aliphatic heterocycles. The molecule has 0 aliphatic carbocycles. The number of aromatic amines is 1. The molecule has 1 amide bonds. The average molecular weight is 263 g/mol. The summed E-state index contributed by atoms with van der Waals surface area (Å²) in [4.78, 5) is 22.8. The van der Waals surface area contributed by atoms with Crippen LogP contribution in [0.2, 0.25) is 0 Å². The maximum absolute atomic E-state index is 11.9. The van der Waals surface area contributed by atoms with E-state index in [0.29, 0.717) is 5.56 Å². The molecule has 2 aromatic rings. The van der Waals surface area contributed by atoms with E-state index in [9.17, 15) is 9.59 Å². The van der Waals surface area contributed by atoms with Gasteiger partial charge >= 0.3 is 5.97 Å². The lowest BCUT2D eigenvalue weighted by Gasteiger charge is -2.13. The molecule has 100 valence electrons. The maximum atomic E-state index is 11.9. The molecular weight excluding hydrogens is 250 g/mol. The second-order valence-corrected chi connectivity index (χ2v) is 4.05. The molecule has 0 spiro atoms. The van der Waals surface area contributed by atoms with Gasteiger partial charge in [-0.05, 0) is 18.2 Å². The summed E-state index contributed by atoms with van der Waals surface area (Å²) >= 11 is 0. The highest BCUT2D eigenvalue weighted by Crippen LogP contribution is 2.13. The zero-order valence-electron chi connectivity index (χ0n) is 9.96. The van der Waals surface area contributed by atoms with Crippen LogP contribution in [0, 0.1) is 0 Å². The third-order valence-electron chi connectivity index (χ3n) is 2.72. The van der Waals surface area contributed by atoms with Crippen LogP contribution in [-0.4, -0.2) is 44.9 Å². The number of benzene rings is 1. The fraction of sp³-hybridized carbons (Fsp3) is 0.250. The molecular formula is C12H13N3O4. The number of carbonyl (C=O) groups is 2. The Kier molecular flexibility index (Phi) is 3.76. The molecule has 0 fully saturated rings. The number of hydrogen-bond acceptors (Lipinski definition) is 4. The molecule has 1 unspecified atom stereocenters. The fourth-order valence-electron chi connectivity index (χ4n) is 1.71. The van der Waals surface area contributed by atoms with Crippen LogP contribution in [0.15, 0.2) is 24.4 Å². The maximum Gasteiger partial charge on any atom is 0.326 e. The minimum atomic E-state index is -1.17. The first kappa shape index (κ1) is 13.0. The first-order valence-electron chi connectivity index (χ1n) is 5.69. The molecule has 19 heavy (non-hydrogen) atoms. The summed E-state index contributed by atoms with van der Waals surface area (Å²) in [6, 6.07) is 3.79. The zero-order chi connectivity index (χ0) is 13.8. The highest BCUT2D eigenvalue weighted by atomic mass is 16.4. The number of aliphatic hydroxyl groups excluding tert-OH is 1. The van der Waals surface area contributed by atoms with E-state index in [0.717, 1.165) is 10.9 Å². The summed E-state index contributed by atoms with van der Waals surface area (Å²) in [6.07, 6.45) is 1.55. The van der Waals surface area contributed by atoms with Gasteiger partial charge in [-0.15, -0.1) is 0 Å². The van der Waals surface area contributed by atoms with Crippen LogP contribution in [0.25, 0.3) is 10.9 Å². The highest BCUT2D eigenvalue weighted by Gasteiger charge is 2.20. The number of aliphatic hydroxyl groups is 1. The molecule has 0 saturated carbocycles. The molecule has 7 nitrogen and oxygen atoms in total. The van der Waals surface area contributed by atoms with Crippen LogP contribution in [0.1, 0.15) is 16.8 Å². The van der Waals surface area contributed by atoms with Gasteiger partial charge in [0.25, 0.3) is 5.91 Å². The van der Waals surface area contributed by atoms with Crippen molar-refractivity contribution in [3.05, 3.63) is 30.0 Å². The summed E-state index contributed by atoms with van der Waals surface area (Å²) in [5.41, 5.74) is 1.14. The lowest BCUT2D eigenvalue weighted by Crippen LogP contribution is -2.41. The smallest absolute Gasteiger partial charge is 0.326 e. The molecule has 0 bridgehead atoms. The molecule has 2 rings (SSSR count). The fourth-order valence-corrected chi connectivity index (χ4v) is 1.71. The van der Waals surface area contributed by atoms with Gasteiger partial charge in [0, 0.05) is 24.0 Å². The van der Waals surface area contributed by atoms with Crippen LogP contribution in [-0.2, 0) is 4.79 Å². The molecule has 0 aliphatic rings. The number of hydrogen-bond donors (Lipinski definition) is 4. The first-order chi connectivity index (χ1) is 9.11. The van der Waals surface area contributed by atoms with Gasteiger partial charge in [0.05, 0.1) is 11.7 Å². The van der Waals surface area contributed by atoms with Crippen LogP contribution in [0.4, 0.5) is 0 Å². The van der Waals surface area contributed by atoms with Crippen molar-refractivity contribution in [3.63, 3.8) is 0 Å². The van der Waals surface area contributed by atoms with Crippen LogP contribution >= 0.6 is 0 Å². The van der Waals surface area contributed by atoms with Crippen LogP contribution in [0.5, 0.6) is 0 Å². The molecule has 0 saturated heterocycles. The Labute approximate surface area is 108 Å². The number of amides is 1. The van der Waals surface area contributed by atoms with E-state index >= 15 is 0 Å². The number of fused-ring (bicyclic) bond motifs is 1. The Morgan fingerprint density at radius 1 is 1.42 bits per heavy atom. The SMILES string of the molecule is O=C(NC(CCO)C(=O)O)c1ccc2[nH]ncc2c1. The number of carboxylic acid groups (broad SMARTS) is 1. The normalized spacial score (nSPS) is 12.3. The number of nitrogens with zero attached hydrogens (tertiary/aromatic N) is 1. The number of nitrogens with one attached hydrogen (secondary N) is 2. The quantitative estimate of drug-likeness (QED) is 0.612. The number of aliphatic carboxylic acids is 1. The summed E-state index contributed by atoms with van der Waals surface area (Å²) in [7, 11) is 0. The van der Waals surface area contributed by atoms with E-state index in [1.807, 2.05) is 0 Å². The Hall–Kier alpha value is -2.41. The van der Waals surface area contributed by atoms with E-state index in [2.05, 4.69) is 15.5 Å². The van der Waals surface area contributed by atoms with Crippen molar-refractivity contribution in [1.82, 2.24) is 15.5 Å². The van der Waals surface area contributed by atoms with Crippen molar-refractivity contribution < 1.29 is 19.8 Å². The minimum absolute atomic E-state index is 0.0327. The van der Waals surface area contributed by atoms with E-state index < -0.39 is 17.9 Å². The first-order valence-corrected chi connectivity index (χ1v) is 5.69. The Morgan fingerprint density at radius 3 is 2.89 bits per heavy atom. The molecule has 0 radical (unpaired) electrons. The van der Waals surface area contributed by atoms with Gasteiger partial charge in [0.2, 0.25) is 0 Å². The molecule has 1 aromatic carbocycles. The van der Waals surface area contributed by atoms with Gasteiger partial charge in [0.15, 0.2) is 0 Å². The Balaban J connectivity index is 2.16. The van der Waals surface area contributed by atoms with E-state index in [4.69, 9.17) is 10.2 Å². The standard InChI is InChI=1S/C12H13N3O4/c16-4-3-10(12(18)19)14-11(17)7-1-2-9-8(5-7)6-13-15-9/h1-2,5-6,10,16H,3-4H2,(H,13,15)(H,14,17)(H,18,19). The van der Waals surface area contributed by atoms with Gasteiger partial charge in [0.1, 0.15) is 6.04 Å². The molecule has 1 aromatic heterocycles. The van der Waals surface area contributed by atoms with E-state index in [1.54, 1.807) is 24.4 Å². The zero-order valence-corrected chi connectivity index (χ0v) is 9.96. The lowest BCUT2D eigenvalue weighted by molar-refractivity contribution is -0.139. The van der Waals surface area contributed by atoms with Crippen molar-refractivity contribution in [3.8, 4) is 0 Å². The average Bonchev–Trinajstić information content (AvgIpc) is 2.85. The third-order valence-corrected chi connectivity index (χ3v) is 2.72. The summed E-state index contributed by atoms with van der Waals surface area (Å²) in [6.45, 7) is -0.308. The number of carbonyl (C=O) groups excluding carboxylic acids is 1. The van der Waals surface area contributed by atoms with Gasteiger partial charge < -0.3 is 15.5 Å². The van der Waals surface area contributed by atoms with Crippen molar-refractivity contribution in [2.45, 2.75) is 12.5 Å². The summed E-state index contributed by atoms with van der Waals surface area (Å²) < 4.78 is 0. The summed E-state index contributed by atoms with van der Waals surface area (Å²) in [5.74, 6) is -1.67. The number of rotatable bonds is 5. The van der Waals surface area contributed by atoms with Crippen molar-refractivity contribution >= 4 is 22.8 Å². The molecule has 1 atom stereocenters. The minimum Gasteiger partial charge on any atom is -0.480 e. The third kappa shape index (κ3) is 2.89. The summed E-state index contributed by atoms with van der Waals surface area (Å²) in [5, 5.41) is 27.4. The number of carboxylic acids is 1. The Morgan fingerprint density at radius 2 is 2.21 bits per heavy atom. The monoisotopic (exact) mass is 263 g/mol. The predicted molar refractivity (Wildman–Crippen MR) is 66.7 cm³/mol. The predicted octanol–water partition coefficient (Wildman–Crippen LogP) is 0.128. The van der Waals surface area contributed by atoms with Crippen LogP contribution in [0.3, 0.4) is 0 Å². The molecule has 4 N–H and O–H groups in total. The molecule has 1 heterocycles. The van der Waals surface area contributed by atoms with Gasteiger partial charge in [-0.25, -0.2) is 4.79 Å². The van der Waals surface area contributed by atoms with Crippen molar-refractivity contribution in [2.24, 2.45) is 0 Å². The second-order valence-electron chi connectivity index (χ2n) is 4.05. The Bertz CT molecular complexity index is 608. The number of aromatic nitrogens is 2. The van der Waals surface area contributed by atoms with Gasteiger partial charge in [-0.1, -0.05) is 0 Å². The van der Waals surface area contributed by atoms with E-state index in [1.165, 1.54) is 0 Å². The topological polar surface area (TPSA) is 115 Å². The van der Waals surface area contributed by atoms with E-state index in [-0.39, 0.29) is 13.0 Å². The highest BCUT2D eigenvalue weighted by molar-refractivity contribution is 5.99. The lowest BCUT2D eigenvalue weighted by atomic mass is 10.1. The largest absolute Gasteiger partial charge is 0.480 e. The molecule has 7 heteroatoms. The second kappa shape index (κ2) is 5.49.